The Morgan fingerprint density at radius 3 is 2.67 bits per heavy atom. The van der Waals surface area contributed by atoms with Gasteiger partial charge in [0, 0.05) is 12.6 Å². The summed E-state index contributed by atoms with van der Waals surface area (Å²) in [4.78, 5) is 21.2. The highest BCUT2D eigenvalue weighted by Crippen LogP contribution is 2.17. The molecule has 2 aromatic carbocycles. The molecule has 0 radical (unpaired) electrons. The number of aromatic nitrogens is 4. The average molecular weight is 276 g/mol. The molecule has 0 amide bonds. The van der Waals surface area contributed by atoms with Crippen molar-refractivity contribution in [3.05, 3.63) is 60.7 Å². The van der Waals surface area contributed by atoms with Crippen molar-refractivity contribution in [2.45, 2.75) is 0 Å². The predicted molar refractivity (Wildman–Crippen MR) is 80.2 cm³/mol. The monoisotopic (exact) mass is 276 g/mol. The van der Waals surface area contributed by atoms with E-state index in [1.165, 1.54) is 0 Å². The van der Waals surface area contributed by atoms with Gasteiger partial charge in [-0.2, -0.15) is 0 Å². The Labute approximate surface area is 120 Å². The number of benzene rings is 2. The number of hydrogen-bond donors (Lipinski definition) is 0. The zero-order valence-corrected chi connectivity index (χ0v) is 11.4. The lowest BCUT2D eigenvalue weighted by molar-refractivity contribution is 0.0964. The summed E-state index contributed by atoms with van der Waals surface area (Å²) < 4.78 is 3.50. The Morgan fingerprint density at radius 1 is 0.952 bits per heavy atom. The van der Waals surface area contributed by atoms with Crippen LogP contribution in [0.3, 0.4) is 0 Å². The van der Waals surface area contributed by atoms with E-state index in [9.17, 15) is 4.79 Å². The summed E-state index contributed by atoms with van der Waals surface area (Å²) in [5.41, 5.74) is 4.03. The van der Waals surface area contributed by atoms with Crippen LogP contribution in [-0.2, 0) is 7.05 Å². The second-order valence-electron chi connectivity index (χ2n) is 4.97. The molecule has 5 heteroatoms. The SMILES string of the molecule is Cn1cnc2cc(C(=O)n3cnc4ccccc43)ccc21. The van der Waals surface area contributed by atoms with Crippen LogP contribution in [0.1, 0.15) is 10.4 Å². The Kier molecular flexibility index (Phi) is 2.41. The first-order valence-corrected chi connectivity index (χ1v) is 6.62. The van der Waals surface area contributed by atoms with Gasteiger partial charge in [0.2, 0.25) is 0 Å². The van der Waals surface area contributed by atoms with Gasteiger partial charge in [-0.15, -0.1) is 0 Å². The van der Waals surface area contributed by atoms with Gasteiger partial charge < -0.3 is 4.57 Å². The van der Waals surface area contributed by atoms with Crippen LogP contribution in [0.5, 0.6) is 0 Å². The van der Waals surface area contributed by atoms with Gasteiger partial charge in [-0.25, -0.2) is 9.97 Å². The zero-order chi connectivity index (χ0) is 14.4. The number of imidazole rings is 2. The fraction of sp³-hybridized carbons (Fsp3) is 0.0625. The Hall–Kier alpha value is -2.95. The second-order valence-corrected chi connectivity index (χ2v) is 4.97. The lowest BCUT2D eigenvalue weighted by Crippen LogP contribution is -2.10. The minimum absolute atomic E-state index is 0.101. The van der Waals surface area contributed by atoms with Gasteiger partial charge in [-0.05, 0) is 30.3 Å². The molecule has 4 aromatic rings. The average Bonchev–Trinajstić information content (AvgIpc) is 3.10. The molecule has 0 aliphatic heterocycles. The van der Waals surface area contributed by atoms with E-state index in [0.29, 0.717) is 5.56 Å². The van der Waals surface area contributed by atoms with Crippen molar-refractivity contribution in [2.24, 2.45) is 7.05 Å². The highest BCUT2D eigenvalue weighted by molar-refractivity contribution is 6.02. The molecule has 0 fully saturated rings. The van der Waals surface area contributed by atoms with Crippen LogP contribution in [0.15, 0.2) is 55.1 Å². The number of hydrogen-bond acceptors (Lipinski definition) is 3. The van der Waals surface area contributed by atoms with E-state index < -0.39 is 0 Å². The van der Waals surface area contributed by atoms with Crippen molar-refractivity contribution in [3.63, 3.8) is 0 Å². The minimum Gasteiger partial charge on any atom is -0.334 e. The topological polar surface area (TPSA) is 52.7 Å². The van der Waals surface area contributed by atoms with E-state index in [-0.39, 0.29) is 5.91 Å². The smallest absolute Gasteiger partial charge is 0.263 e. The van der Waals surface area contributed by atoms with E-state index in [0.717, 1.165) is 22.1 Å². The van der Waals surface area contributed by atoms with Gasteiger partial charge in [0.05, 0.1) is 28.4 Å². The third-order valence-corrected chi connectivity index (χ3v) is 3.64. The zero-order valence-electron chi connectivity index (χ0n) is 11.4. The highest BCUT2D eigenvalue weighted by atomic mass is 16.2. The maximum atomic E-state index is 12.7. The molecule has 0 saturated carbocycles. The van der Waals surface area contributed by atoms with Gasteiger partial charge in [-0.1, -0.05) is 12.1 Å². The number of carbonyl (C=O) groups excluding carboxylic acids is 1. The lowest BCUT2D eigenvalue weighted by Gasteiger charge is -2.03. The van der Waals surface area contributed by atoms with Gasteiger partial charge in [0.15, 0.2) is 0 Å². The number of fused-ring (bicyclic) bond motifs is 2. The predicted octanol–water partition coefficient (Wildman–Crippen LogP) is 2.61. The van der Waals surface area contributed by atoms with Gasteiger partial charge in [0.1, 0.15) is 6.33 Å². The van der Waals surface area contributed by atoms with Crippen molar-refractivity contribution >= 4 is 28.0 Å². The molecule has 21 heavy (non-hydrogen) atoms. The number of nitrogens with zero attached hydrogens (tertiary/aromatic N) is 4. The summed E-state index contributed by atoms with van der Waals surface area (Å²) in [5.74, 6) is -0.101. The number of para-hydroxylation sites is 2. The van der Waals surface area contributed by atoms with Crippen molar-refractivity contribution in [1.29, 1.82) is 0 Å². The molecule has 0 aliphatic carbocycles. The largest absolute Gasteiger partial charge is 0.334 e. The first-order valence-electron chi connectivity index (χ1n) is 6.62. The summed E-state index contributed by atoms with van der Waals surface area (Å²) in [6, 6.07) is 13.1. The standard InChI is InChI=1S/C16H12N4O/c1-19-9-17-13-8-11(6-7-14(13)19)16(21)20-10-18-12-4-2-3-5-15(12)20/h2-10H,1H3. The molecular formula is C16H12N4O. The molecule has 0 atom stereocenters. The normalized spacial score (nSPS) is 11.3. The van der Waals surface area contributed by atoms with E-state index in [1.54, 1.807) is 17.2 Å². The molecule has 0 saturated heterocycles. The lowest BCUT2D eigenvalue weighted by atomic mass is 10.2. The number of rotatable bonds is 1. The summed E-state index contributed by atoms with van der Waals surface area (Å²) in [5, 5.41) is 0. The van der Waals surface area contributed by atoms with Crippen LogP contribution in [-0.4, -0.2) is 25.0 Å². The van der Waals surface area contributed by atoms with Crippen molar-refractivity contribution < 1.29 is 4.79 Å². The van der Waals surface area contributed by atoms with Crippen LogP contribution in [0, 0.1) is 0 Å². The third-order valence-electron chi connectivity index (χ3n) is 3.64. The van der Waals surface area contributed by atoms with Gasteiger partial charge >= 0.3 is 0 Å². The molecule has 0 aliphatic rings. The first-order chi connectivity index (χ1) is 10.2. The van der Waals surface area contributed by atoms with Crippen LogP contribution in [0.2, 0.25) is 0 Å². The molecule has 0 bridgehead atoms. The fourth-order valence-corrected chi connectivity index (χ4v) is 2.53. The first kappa shape index (κ1) is 11.8. The van der Waals surface area contributed by atoms with E-state index in [2.05, 4.69) is 9.97 Å². The summed E-state index contributed by atoms with van der Waals surface area (Å²) >= 11 is 0. The van der Waals surface area contributed by atoms with Gasteiger partial charge in [0.25, 0.3) is 5.91 Å². The summed E-state index contributed by atoms with van der Waals surface area (Å²) in [7, 11) is 1.93. The highest BCUT2D eigenvalue weighted by Gasteiger charge is 2.13. The minimum atomic E-state index is -0.101. The molecule has 0 spiro atoms. The maximum Gasteiger partial charge on any atom is 0.263 e. The Bertz CT molecular complexity index is 980. The van der Waals surface area contributed by atoms with Crippen LogP contribution < -0.4 is 0 Å². The molecule has 5 nitrogen and oxygen atoms in total. The molecule has 2 aromatic heterocycles. The van der Waals surface area contributed by atoms with E-state index >= 15 is 0 Å². The third kappa shape index (κ3) is 1.74. The van der Waals surface area contributed by atoms with Crippen molar-refractivity contribution in [2.75, 3.05) is 0 Å². The molecule has 2 heterocycles. The Morgan fingerprint density at radius 2 is 1.76 bits per heavy atom. The van der Waals surface area contributed by atoms with E-state index in [4.69, 9.17) is 0 Å². The second kappa shape index (κ2) is 4.28. The van der Waals surface area contributed by atoms with Crippen LogP contribution >= 0.6 is 0 Å². The molecular weight excluding hydrogens is 264 g/mol. The van der Waals surface area contributed by atoms with Crippen molar-refractivity contribution in [1.82, 2.24) is 19.1 Å². The van der Waals surface area contributed by atoms with Crippen LogP contribution in [0.25, 0.3) is 22.1 Å². The van der Waals surface area contributed by atoms with Crippen LogP contribution in [0.4, 0.5) is 0 Å². The fourth-order valence-electron chi connectivity index (χ4n) is 2.53. The maximum absolute atomic E-state index is 12.7. The van der Waals surface area contributed by atoms with Gasteiger partial charge in [-0.3, -0.25) is 9.36 Å². The molecule has 0 N–H and O–H groups in total. The molecule has 0 unspecified atom stereocenters. The quantitative estimate of drug-likeness (QED) is 0.537. The summed E-state index contributed by atoms with van der Waals surface area (Å²) in [6.07, 6.45) is 3.31. The number of carbonyl (C=O) groups is 1. The molecule has 4 rings (SSSR count). The molecule has 102 valence electrons. The van der Waals surface area contributed by atoms with Crippen molar-refractivity contribution in [3.8, 4) is 0 Å². The van der Waals surface area contributed by atoms with E-state index in [1.807, 2.05) is 54.1 Å². The summed E-state index contributed by atoms with van der Waals surface area (Å²) in [6.45, 7) is 0. The number of aryl methyl sites for hydroxylation is 1. The Balaban J connectivity index is 1.85.